The van der Waals surface area contributed by atoms with Crippen LogP contribution in [0.5, 0.6) is 0 Å². The quantitative estimate of drug-likeness (QED) is 0.745. The third kappa shape index (κ3) is 2.51. The van der Waals surface area contributed by atoms with Gasteiger partial charge in [0.1, 0.15) is 16.2 Å². The smallest absolute Gasteiger partial charge is 0.259 e. The van der Waals surface area contributed by atoms with Gasteiger partial charge in [0.05, 0.1) is 11.1 Å². The number of aromatic nitrogens is 4. The van der Waals surface area contributed by atoms with Crippen LogP contribution in [0.2, 0.25) is 0 Å². The molecule has 5 nitrogen and oxygen atoms in total. The number of aromatic amines is 1. The minimum Gasteiger partial charge on any atom is -0.309 e. The second-order valence-corrected chi connectivity index (χ2v) is 8.04. The van der Waals surface area contributed by atoms with Crippen molar-refractivity contribution in [3.63, 3.8) is 0 Å². The topological polar surface area (TPSA) is 71.5 Å². The van der Waals surface area contributed by atoms with Crippen molar-refractivity contribution < 1.29 is 0 Å². The van der Waals surface area contributed by atoms with Gasteiger partial charge in [0.2, 0.25) is 0 Å². The van der Waals surface area contributed by atoms with Gasteiger partial charge in [-0.1, -0.05) is 23.1 Å². The van der Waals surface area contributed by atoms with E-state index in [4.69, 9.17) is 0 Å². The predicted molar refractivity (Wildman–Crippen MR) is 86.4 cm³/mol. The molecule has 4 rings (SSSR count). The van der Waals surface area contributed by atoms with E-state index in [1.165, 1.54) is 34.6 Å². The van der Waals surface area contributed by atoms with Gasteiger partial charge >= 0.3 is 0 Å². The fourth-order valence-electron chi connectivity index (χ4n) is 2.63. The molecule has 0 radical (unpaired) electrons. The number of thioether (sulfide) groups is 1. The lowest BCUT2D eigenvalue weighted by Crippen LogP contribution is -2.12. The molecule has 1 aliphatic carbocycles. The Bertz CT molecular complexity index is 837. The van der Waals surface area contributed by atoms with Crippen LogP contribution < -0.4 is 5.56 Å². The van der Waals surface area contributed by atoms with Crippen LogP contribution in [0.25, 0.3) is 10.2 Å². The SMILES string of the molecule is O=c1[nH]c(CSc2nncs2)nc2sc3c(c12)CCCC3. The van der Waals surface area contributed by atoms with Crippen molar-refractivity contribution in [1.29, 1.82) is 0 Å². The first-order valence-corrected chi connectivity index (χ1v) is 9.42. The number of fused-ring (bicyclic) bond motifs is 3. The number of H-pyrrole nitrogens is 1. The average molecular weight is 336 g/mol. The summed E-state index contributed by atoms with van der Waals surface area (Å²) in [5.41, 5.74) is 2.94. The molecule has 1 N–H and O–H groups in total. The lowest BCUT2D eigenvalue weighted by atomic mass is 9.97. The van der Waals surface area contributed by atoms with Crippen LogP contribution in [0.15, 0.2) is 14.6 Å². The van der Waals surface area contributed by atoms with E-state index in [1.807, 2.05) is 0 Å². The summed E-state index contributed by atoms with van der Waals surface area (Å²) in [6, 6.07) is 0. The molecule has 3 aromatic heterocycles. The highest BCUT2D eigenvalue weighted by Crippen LogP contribution is 2.33. The molecule has 3 heterocycles. The summed E-state index contributed by atoms with van der Waals surface area (Å²) in [6.07, 6.45) is 4.49. The molecule has 0 fully saturated rings. The Morgan fingerprint density at radius 3 is 3.10 bits per heavy atom. The van der Waals surface area contributed by atoms with Crippen molar-refractivity contribution >= 4 is 44.7 Å². The summed E-state index contributed by atoms with van der Waals surface area (Å²) in [6.45, 7) is 0. The highest BCUT2D eigenvalue weighted by Gasteiger charge is 2.19. The summed E-state index contributed by atoms with van der Waals surface area (Å²) in [5.74, 6) is 1.33. The molecule has 0 unspecified atom stereocenters. The van der Waals surface area contributed by atoms with E-state index in [-0.39, 0.29) is 5.56 Å². The van der Waals surface area contributed by atoms with E-state index in [0.717, 1.165) is 27.4 Å². The fraction of sp³-hybridized carbons (Fsp3) is 0.385. The number of thiophene rings is 1. The fourth-order valence-corrected chi connectivity index (χ4v) is 5.27. The van der Waals surface area contributed by atoms with Gasteiger partial charge in [-0.15, -0.1) is 21.5 Å². The molecule has 0 spiro atoms. The predicted octanol–water partition coefficient (Wildman–Crippen LogP) is 3.01. The minimum atomic E-state index is 0.00673. The standard InChI is InChI=1S/C13H12N4OS3/c18-11-10-7-3-1-2-4-8(7)21-12(10)16-9(15-11)5-19-13-17-14-6-20-13/h6H,1-5H2,(H,15,16,18). The monoisotopic (exact) mass is 336 g/mol. The number of aryl methyl sites for hydroxylation is 2. The number of nitrogens with zero attached hydrogens (tertiary/aromatic N) is 3. The van der Waals surface area contributed by atoms with Crippen LogP contribution >= 0.6 is 34.4 Å². The normalized spacial score (nSPS) is 14.5. The Balaban J connectivity index is 1.70. The van der Waals surface area contributed by atoms with Crippen LogP contribution in [-0.4, -0.2) is 20.2 Å². The molecule has 0 aromatic carbocycles. The Hall–Kier alpha value is -1.25. The third-order valence-electron chi connectivity index (χ3n) is 3.55. The van der Waals surface area contributed by atoms with Crippen LogP contribution in [0.1, 0.15) is 29.1 Å². The highest BCUT2D eigenvalue weighted by molar-refractivity contribution is 8.00. The summed E-state index contributed by atoms with van der Waals surface area (Å²) in [4.78, 5) is 22.2. The van der Waals surface area contributed by atoms with Crippen LogP contribution in [0.3, 0.4) is 0 Å². The summed E-state index contributed by atoms with van der Waals surface area (Å²) in [7, 11) is 0. The summed E-state index contributed by atoms with van der Waals surface area (Å²) in [5, 5.41) is 8.61. The molecule has 21 heavy (non-hydrogen) atoms. The first-order chi connectivity index (χ1) is 10.3. The van der Waals surface area contributed by atoms with Crippen LogP contribution in [0, 0.1) is 0 Å². The molecule has 3 aromatic rings. The first-order valence-electron chi connectivity index (χ1n) is 6.73. The van der Waals surface area contributed by atoms with E-state index in [0.29, 0.717) is 11.6 Å². The molecule has 0 atom stereocenters. The molecule has 8 heteroatoms. The second-order valence-electron chi connectivity index (χ2n) is 4.90. The van der Waals surface area contributed by atoms with Gasteiger partial charge in [-0.05, 0) is 31.2 Å². The Kier molecular flexibility index (Phi) is 3.52. The molecule has 0 saturated heterocycles. The second kappa shape index (κ2) is 5.51. The zero-order valence-corrected chi connectivity index (χ0v) is 13.5. The third-order valence-corrected chi connectivity index (χ3v) is 6.60. The molecule has 0 bridgehead atoms. The van der Waals surface area contributed by atoms with Crippen molar-refractivity contribution in [2.24, 2.45) is 0 Å². The molecule has 1 aliphatic rings. The molecule has 0 saturated carbocycles. The number of nitrogens with one attached hydrogen (secondary N) is 1. The zero-order valence-electron chi connectivity index (χ0n) is 11.1. The Morgan fingerprint density at radius 2 is 2.24 bits per heavy atom. The van der Waals surface area contributed by atoms with Gasteiger partial charge in [0.25, 0.3) is 5.56 Å². The largest absolute Gasteiger partial charge is 0.309 e. The maximum atomic E-state index is 12.4. The number of hydrogen-bond donors (Lipinski definition) is 1. The van der Waals surface area contributed by atoms with Gasteiger partial charge in [0.15, 0.2) is 4.34 Å². The number of rotatable bonds is 3. The van der Waals surface area contributed by atoms with Gasteiger partial charge in [-0.2, -0.15) is 0 Å². The van der Waals surface area contributed by atoms with Gasteiger partial charge in [0, 0.05) is 4.88 Å². The van der Waals surface area contributed by atoms with Crippen molar-refractivity contribution in [3.8, 4) is 0 Å². The van der Waals surface area contributed by atoms with Crippen molar-refractivity contribution in [2.75, 3.05) is 0 Å². The first kappa shape index (κ1) is 13.4. The van der Waals surface area contributed by atoms with Crippen LogP contribution in [-0.2, 0) is 18.6 Å². The minimum absolute atomic E-state index is 0.00673. The van der Waals surface area contributed by atoms with E-state index >= 15 is 0 Å². The van der Waals surface area contributed by atoms with Crippen molar-refractivity contribution in [1.82, 2.24) is 20.2 Å². The lowest BCUT2D eigenvalue weighted by Gasteiger charge is -2.09. The Labute approximate surface area is 132 Å². The van der Waals surface area contributed by atoms with Crippen LogP contribution in [0.4, 0.5) is 0 Å². The van der Waals surface area contributed by atoms with Gasteiger partial charge < -0.3 is 4.98 Å². The van der Waals surface area contributed by atoms with E-state index in [2.05, 4.69) is 20.2 Å². The highest BCUT2D eigenvalue weighted by atomic mass is 32.2. The van der Waals surface area contributed by atoms with Crippen molar-refractivity contribution in [3.05, 3.63) is 32.1 Å². The molecule has 0 amide bonds. The van der Waals surface area contributed by atoms with E-state index in [1.54, 1.807) is 28.6 Å². The average Bonchev–Trinajstić information content (AvgIpc) is 3.12. The Morgan fingerprint density at radius 1 is 1.33 bits per heavy atom. The molecular formula is C13H12N4OS3. The summed E-state index contributed by atoms with van der Waals surface area (Å²) < 4.78 is 0.892. The number of hydrogen-bond acceptors (Lipinski definition) is 7. The zero-order chi connectivity index (χ0) is 14.2. The van der Waals surface area contributed by atoms with Gasteiger partial charge in [-0.3, -0.25) is 4.79 Å². The maximum Gasteiger partial charge on any atom is 0.259 e. The van der Waals surface area contributed by atoms with E-state index in [9.17, 15) is 4.79 Å². The maximum absolute atomic E-state index is 12.4. The van der Waals surface area contributed by atoms with E-state index < -0.39 is 0 Å². The lowest BCUT2D eigenvalue weighted by molar-refractivity contribution is 0.700. The molecule has 108 valence electrons. The van der Waals surface area contributed by atoms with Gasteiger partial charge in [-0.25, -0.2) is 4.98 Å². The molecular weight excluding hydrogens is 324 g/mol. The van der Waals surface area contributed by atoms with Crippen molar-refractivity contribution in [2.45, 2.75) is 35.8 Å². The summed E-state index contributed by atoms with van der Waals surface area (Å²) >= 11 is 4.73. The molecule has 0 aliphatic heterocycles.